The molecule has 4 rings (SSSR count). The van der Waals surface area contributed by atoms with E-state index in [0.29, 0.717) is 10.8 Å². The average Bonchev–Trinajstić information content (AvgIpc) is 2.88. The van der Waals surface area contributed by atoms with Gasteiger partial charge in [0.15, 0.2) is 0 Å². The molecule has 3 fully saturated rings. The quantitative estimate of drug-likeness (QED) is 0.507. The summed E-state index contributed by atoms with van der Waals surface area (Å²) >= 11 is 0. The van der Waals surface area contributed by atoms with Crippen LogP contribution in [0.1, 0.15) is 65.2 Å². The molecule has 0 aromatic rings. The Morgan fingerprint density at radius 2 is 1.83 bits per heavy atom. The molecule has 0 amide bonds. The molecule has 0 aromatic heterocycles. The van der Waals surface area contributed by atoms with Crippen LogP contribution < -0.4 is 0 Å². The molecule has 134 valence electrons. The van der Waals surface area contributed by atoms with Crippen molar-refractivity contribution in [2.45, 2.75) is 84.9 Å². The monoisotopic (exact) mass is 344 g/mol. The van der Waals surface area contributed by atoms with Crippen molar-refractivity contribution in [2.24, 2.45) is 28.6 Å². The molecule has 0 heterocycles. The Labute approximate surface area is 150 Å². The maximum Gasteiger partial charge on any atom is 0.242 e. The minimum atomic E-state index is -1.50. The van der Waals surface area contributed by atoms with Crippen molar-refractivity contribution in [1.82, 2.24) is 0 Å². The topological polar surface area (TPSA) is 9.23 Å². The highest BCUT2D eigenvalue weighted by Crippen LogP contribution is 2.65. The van der Waals surface area contributed by atoms with Gasteiger partial charge in [0.25, 0.3) is 0 Å². The lowest BCUT2D eigenvalue weighted by Gasteiger charge is -2.57. The standard InChI is InChI=1S/C22H36OSi/c1-21-12-6-7-19(21)18-9-8-16-15-17(23-24(3,4)5)10-14-22(16,2)20(18)11-13-21/h10,15,18-20H,6-9,11-14H2,1-5H3/t18-,19-,20-,21-,22-/m0/s1. The van der Waals surface area contributed by atoms with Crippen LogP contribution in [-0.4, -0.2) is 8.32 Å². The van der Waals surface area contributed by atoms with Gasteiger partial charge in [-0.25, -0.2) is 0 Å². The molecule has 1 nitrogen and oxygen atoms in total. The van der Waals surface area contributed by atoms with E-state index in [9.17, 15) is 0 Å². The van der Waals surface area contributed by atoms with Crippen LogP contribution in [0.25, 0.3) is 0 Å². The third-order valence-corrected chi connectivity index (χ3v) is 8.83. The fraction of sp³-hybridized carbons (Fsp3) is 0.818. The van der Waals surface area contributed by atoms with Crippen molar-refractivity contribution in [3.8, 4) is 0 Å². The predicted octanol–water partition coefficient (Wildman–Crippen LogP) is 6.68. The molecule has 24 heavy (non-hydrogen) atoms. The number of hydrogen-bond acceptors (Lipinski definition) is 1. The van der Waals surface area contributed by atoms with E-state index in [1.165, 1.54) is 57.1 Å². The Morgan fingerprint density at radius 3 is 2.58 bits per heavy atom. The molecule has 0 unspecified atom stereocenters. The highest BCUT2D eigenvalue weighted by Gasteiger charge is 2.55. The summed E-state index contributed by atoms with van der Waals surface area (Å²) in [6, 6.07) is 0. The molecular weight excluding hydrogens is 308 g/mol. The van der Waals surface area contributed by atoms with Crippen LogP contribution in [0.5, 0.6) is 0 Å². The molecule has 0 bridgehead atoms. The van der Waals surface area contributed by atoms with Crippen LogP contribution in [0.2, 0.25) is 19.6 Å². The minimum absolute atomic E-state index is 0.416. The molecule has 4 aliphatic carbocycles. The first-order chi connectivity index (χ1) is 11.2. The lowest BCUT2D eigenvalue weighted by molar-refractivity contribution is -0.0305. The molecule has 0 aromatic carbocycles. The van der Waals surface area contributed by atoms with Gasteiger partial charge in [-0.05, 0) is 105 Å². The Morgan fingerprint density at radius 1 is 1.04 bits per heavy atom. The van der Waals surface area contributed by atoms with Crippen LogP contribution in [0.4, 0.5) is 0 Å². The first-order valence-electron chi connectivity index (χ1n) is 10.3. The van der Waals surface area contributed by atoms with Gasteiger partial charge in [0, 0.05) is 0 Å². The van der Waals surface area contributed by atoms with E-state index in [-0.39, 0.29) is 0 Å². The molecule has 0 spiro atoms. The SMILES string of the molecule is C[C@@]12CCC[C@H]1[C@@H]1CCC3=CC(O[Si](C)(C)C)=CC[C@]3(C)[C@H]1CC2. The van der Waals surface area contributed by atoms with Crippen molar-refractivity contribution < 1.29 is 4.43 Å². The molecule has 5 atom stereocenters. The van der Waals surface area contributed by atoms with Gasteiger partial charge in [-0.1, -0.05) is 25.8 Å². The number of allylic oxidation sites excluding steroid dienone is 3. The normalized spacial score (nSPS) is 44.8. The van der Waals surface area contributed by atoms with E-state index in [4.69, 9.17) is 4.43 Å². The van der Waals surface area contributed by atoms with Crippen molar-refractivity contribution in [2.75, 3.05) is 0 Å². The number of hydrogen-bond donors (Lipinski definition) is 0. The Hall–Kier alpha value is -0.503. The Balaban J connectivity index is 1.58. The predicted molar refractivity (Wildman–Crippen MR) is 104 cm³/mol. The third-order valence-electron chi connectivity index (χ3n) is 7.99. The van der Waals surface area contributed by atoms with Gasteiger partial charge in [0.1, 0.15) is 0 Å². The summed E-state index contributed by atoms with van der Waals surface area (Å²) in [6.07, 6.45) is 16.3. The van der Waals surface area contributed by atoms with E-state index in [0.717, 1.165) is 17.8 Å². The summed E-state index contributed by atoms with van der Waals surface area (Å²) in [5.41, 5.74) is 2.80. The van der Waals surface area contributed by atoms with Crippen LogP contribution >= 0.6 is 0 Å². The highest BCUT2D eigenvalue weighted by molar-refractivity contribution is 6.70. The zero-order valence-electron chi connectivity index (χ0n) is 16.5. The van der Waals surface area contributed by atoms with Crippen molar-refractivity contribution >= 4 is 8.32 Å². The maximum absolute atomic E-state index is 6.32. The van der Waals surface area contributed by atoms with E-state index < -0.39 is 8.32 Å². The van der Waals surface area contributed by atoms with Gasteiger partial charge in [-0.15, -0.1) is 0 Å². The molecule has 2 heteroatoms. The molecular formula is C22H36OSi. The molecule has 0 N–H and O–H groups in total. The smallest absolute Gasteiger partial charge is 0.242 e. The van der Waals surface area contributed by atoms with E-state index in [2.05, 4.69) is 45.6 Å². The average molecular weight is 345 g/mol. The fourth-order valence-corrected chi connectivity index (χ4v) is 7.66. The second-order valence-electron chi connectivity index (χ2n) is 10.6. The van der Waals surface area contributed by atoms with Crippen molar-refractivity contribution in [3.63, 3.8) is 0 Å². The van der Waals surface area contributed by atoms with Gasteiger partial charge >= 0.3 is 0 Å². The molecule has 0 saturated heterocycles. The molecule has 0 aliphatic heterocycles. The molecule has 4 aliphatic rings. The summed E-state index contributed by atoms with van der Waals surface area (Å²) in [5, 5.41) is 0. The zero-order valence-corrected chi connectivity index (χ0v) is 17.5. The van der Waals surface area contributed by atoms with E-state index >= 15 is 0 Å². The molecule has 0 radical (unpaired) electrons. The minimum Gasteiger partial charge on any atom is -0.545 e. The maximum atomic E-state index is 6.32. The zero-order chi connectivity index (χ0) is 17.2. The molecule has 3 saturated carbocycles. The van der Waals surface area contributed by atoms with Gasteiger partial charge in [-0.3, -0.25) is 0 Å². The second-order valence-corrected chi connectivity index (χ2v) is 15.0. The second kappa shape index (κ2) is 5.49. The first-order valence-corrected chi connectivity index (χ1v) is 13.7. The van der Waals surface area contributed by atoms with Crippen LogP contribution in [0, 0.1) is 28.6 Å². The fourth-order valence-electron chi connectivity index (χ4n) is 6.81. The van der Waals surface area contributed by atoms with Crippen molar-refractivity contribution in [1.29, 1.82) is 0 Å². The van der Waals surface area contributed by atoms with Gasteiger partial charge in [0.2, 0.25) is 8.32 Å². The van der Waals surface area contributed by atoms with Gasteiger partial charge in [-0.2, -0.15) is 0 Å². The largest absolute Gasteiger partial charge is 0.545 e. The summed E-state index contributed by atoms with van der Waals surface area (Å²) in [7, 11) is -1.50. The van der Waals surface area contributed by atoms with Crippen LogP contribution in [0.3, 0.4) is 0 Å². The van der Waals surface area contributed by atoms with E-state index in [1.54, 1.807) is 5.57 Å². The third kappa shape index (κ3) is 2.64. The van der Waals surface area contributed by atoms with Gasteiger partial charge < -0.3 is 4.43 Å². The summed E-state index contributed by atoms with van der Waals surface area (Å²) in [5.74, 6) is 4.10. The van der Waals surface area contributed by atoms with E-state index in [1.807, 2.05) is 0 Å². The highest BCUT2D eigenvalue weighted by atomic mass is 28.4. The summed E-state index contributed by atoms with van der Waals surface area (Å²) in [4.78, 5) is 0. The lowest BCUT2D eigenvalue weighted by atomic mass is 9.48. The Bertz CT molecular complexity index is 583. The van der Waals surface area contributed by atoms with Crippen molar-refractivity contribution in [3.05, 3.63) is 23.5 Å². The summed E-state index contributed by atoms with van der Waals surface area (Å²) in [6.45, 7) is 12.1. The lowest BCUT2D eigenvalue weighted by Crippen LogP contribution is -2.48. The number of fused-ring (bicyclic) bond motifs is 5. The van der Waals surface area contributed by atoms with Crippen LogP contribution in [-0.2, 0) is 4.43 Å². The Kier molecular flexibility index (Phi) is 3.88. The van der Waals surface area contributed by atoms with Gasteiger partial charge in [0.05, 0.1) is 5.76 Å². The first kappa shape index (κ1) is 16.9. The summed E-state index contributed by atoms with van der Waals surface area (Å²) < 4.78 is 6.32. The van der Waals surface area contributed by atoms with Crippen LogP contribution in [0.15, 0.2) is 23.5 Å². The number of rotatable bonds is 2.